The van der Waals surface area contributed by atoms with E-state index in [0.29, 0.717) is 17.9 Å². The van der Waals surface area contributed by atoms with E-state index >= 15 is 0 Å². The maximum atomic E-state index is 12.4. The van der Waals surface area contributed by atoms with Crippen molar-refractivity contribution >= 4 is 38.8 Å². The van der Waals surface area contributed by atoms with Gasteiger partial charge in [-0.2, -0.15) is 0 Å². The average molecular weight is 380 g/mol. The summed E-state index contributed by atoms with van der Waals surface area (Å²) in [7, 11) is 1.39. The van der Waals surface area contributed by atoms with Crippen LogP contribution in [-0.2, 0) is 9.53 Å². The molecule has 2 N–H and O–H groups in total. The van der Waals surface area contributed by atoms with Crippen molar-refractivity contribution in [2.45, 2.75) is 25.7 Å². The van der Waals surface area contributed by atoms with Crippen molar-refractivity contribution < 1.29 is 14.3 Å². The molecule has 0 radical (unpaired) electrons. The molecule has 0 bridgehead atoms. The second kappa shape index (κ2) is 6.31. The zero-order valence-electron chi connectivity index (χ0n) is 12.8. The molecule has 122 valence electrons. The first-order valence-electron chi connectivity index (χ1n) is 7.55. The van der Waals surface area contributed by atoms with Gasteiger partial charge in [0, 0.05) is 22.6 Å². The van der Waals surface area contributed by atoms with Crippen LogP contribution in [0.4, 0.5) is 0 Å². The number of H-pyrrole nitrogens is 1. The number of nitrogens with zero attached hydrogens (tertiary/aromatic N) is 1. The molecular weight excluding hydrogens is 362 g/mol. The Bertz CT molecular complexity index is 750. The molecule has 0 unspecified atom stereocenters. The highest BCUT2D eigenvalue weighted by atomic mass is 79.9. The molecule has 0 atom stereocenters. The normalized spacial score (nSPS) is 16.4. The molecule has 1 fully saturated rings. The first-order chi connectivity index (χ1) is 11.1. The smallest absolute Gasteiger partial charge is 0.313 e. The molecule has 2 aromatic heterocycles. The molecule has 0 spiro atoms. The first kappa shape index (κ1) is 16.0. The molecule has 1 aliphatic carbocycles. The standard InChI is InChI=1S/C16H18BrN3O3/c1-23-15(22)16(5-2-3-6-16)9-19-14(21)12-8-10-11(17)4-7-18-13(10)20-12/h4,7-8H,2-3,5-6,9H2,1H3,(H,18,20)(H,19,21). The summed E-state index contributed by atoms with van der Waals surface area (Å²) in [4.78, 5) is 31.7. The summed E-state index contributed by atoms with van der Waals surface area (Å²) in [5.41, 5.74) is 0.486. The number of aromatic amines is 1. The number of methoxy groups -OCH3 is 1. The molecule has 1 amide bonds. The largest absolute Gasteiger partial charge is 0.469 e. The summed E-state index contributed by atoms with van der Waals surface area (Å²) in [6.45, 7) is 0.294. The number of ether oxygens (including phenoxy) is 1. The second-order valence-electron chi connectivity index (χ2n) is 5.90. The SMILES string of the molecule is COC(=O)C1(CNC(=O)c2cc3c(Br)ccnc3[nH]2)CCCC1. The monoisotopic (exact) mass is 379 g/mol. The van der Waals surface area contributed by atoms with Crippen LogP contribution >= 0.6 is 15.9 Å². The predicted octanol–water partition coefficient (Wildman–Crippen LogP) is 2.79. The third kappa shape index (κ3) is 2.97. The molecule has 2 heterocycles. The topological polar surface area (TPSA) is 84.1 Å². The highest BCUT2D eigenvalue weighted by Gasteiger charge is 2.42. The van der Waals surface area contributed by atoms with E-state index in [-0.39, 0.29) is 11.9 Å². The van der Waals surface area contributed by atoms with E-state index in [1.807, 2.05) is 6.07 Å². The molecule has 2 aromatic rings. The number of esters is 1. The van der Waals surface area contributed by atoms with E-state index in [1.165, 1.54) is 7.11 Å². The fourth-order valence-electron chi connectivity index (χ4n) is 3.18. The van der Waals surface area contributed by atoms with Crippen LogP contribution < -0.4 is 5.32 Å². The van der Waals surface area contributed by atoms with E-state index in [2.05, 4.69) is 31.2 Å². The molecule has 23 heavy (non-hydrogen) atoms. The number of hydrogen-bond acceptors (Lipinski definition) is 4. The van der Waals surface area contributed by atoms with Crippen molar-refractivity contribution in [3.05, 3.63) is 28.5 Å². The summed E-state index contributed by atoms with van der Waals surface area (Å²) < 4.78 is 5.80. The van der Waals surface area contributed by atoms with Crippen LogP contribution in [0.1, 0.15) is 36.2 Å². The lowest BCUT2D eigenvalue weighted by Gasteiger charge is -2.25. The van der Waals surface area contributed by atoms with Gasteiger partial charge in [0.05, 0.1) is 12.5 Å². The Morgan fingerprint density at radius 2 is 2.17 bits per heavy atom. The maximum absolute atomic E-state index is 12.4. The Morgan fingerprint density at radius 1 is 1.43 bits per heavy atom. The van der Waals surface area contributed by atoms with Crippen LogP contribution in [0.25, 0.3) is 11.0 Å². The van der Waals surface area contributed by atoms with Gasteiger partial charge >= 0.3 is 5.97 Å². The van der Waals surface area contributed by atoms with Crippen LogP contribution in [0.3, 0.4) is 0 Å². The number of carbonyl (C=O) groups is 2. The highest BCUT2D eigenvalue weighted by molar-refractivity contribution is 9.10. The van der Waals surface area contributed by atoms with Crippen molar-refractivity contribution in [3.63, 3.8) is 0 Å². The fourth-order valence-corrected chi connectivity index (χ4v) is 3.60. The third-order valence-electron chi connectivity index (χ3n) is 4.49. The lowest BCUT2D eigenvalue weighted by molar-refractivity contribution is -0.152. The molecular formula is C16H18BrN3O3. The van der Waals surface area contributed by atoms with Gasteiger partial charge in [-0.3, -0.25) is 9.59 Å². The first-order valence-corrected chi connectivity index (χ1v) is 8.35. The number of carbonyl (C=O) groups excluding carboxylic acids is 2. The van der Waals surface area contributed by atoms with E-state index < -0.39 is 5.41 Å². The number of rotatable bonds is 4. The highest BCUT2D eigenvalue weighted by Crippen LogP contribution is 2.38. The summed E-state index contributed by atoms with van der Waals surface area (Å²) in [5.74, 6) is -0.485. The lowest BCUT2D eigenvalue weighted by atomic mass is 9.86. The van der Waals surface area contributed by atoms with E-state index in [9.17, 15) is 9.59 Å². The zero-order valence-corrected chi connectivity index (χ0v) is 14.4. The van der Waals surface area contributed by atoms with Crippen LogP contribution in [0.2, 0.25) is 0 Å². The lowest BCUT2D eigenvalue weighted by Crippen LogP contribution is -2.42. The van der Waals surface area contributed by atoms with Gasteiger partial charge in [-0.25, -0.2) is 4.98 Å². The molecule has 0 saturated heterocycles. The van der Waals surface area contributed by atoms with E-state index in [4.69, 9.17) is 4.74 Å². The van der Waals surface area contributed by atoms with Crippen LogP contribution in [0, 0.1) is 5.41 Å². The molecule has 3 rings (SSSR count). The Morgan fingerprint density at radius 3 is 2.83 bits per heavy atom. The summed E-state index contributed by atoms with van der Waals surface area (Å²) >= 11 is 3.44. The second-order valence-corrected chi connectivity index (χ2v) is 6.75. The summed E-state index contributed by atoms with van der Waals surface area (Å²) in [6.07, 6.45) is 5.12. The third-order valence-corrected chi connectivity index (χ3v) is 5.18. The fraction of sp³-hybridized carbons (Fsp3) is 0.438. The number of nitrogens with one attached hydrogen (secondary N) is 2. The van der Waals surface area contributed by atoms with Gasteiger partial charge in [0.15, 0.2) is 0 Å². The number of fused-ring (bicyclic) bond motifs is 1. The summed E-state index contributed by atoms with van der Waals surface area (Å²) in [5, 5.41) is 3.71. The maximum Gasteiger partial charge on any atom is 0.313 e. The Kier molecular flexibility index (Phi) is 4.39. The molecule has 0 aromatic carbocycles. The van der Waals surface area contributed by atoms with Crippen molar-refractivity contribution in [1.82, 2.24) is 15.3 Å². The van der Waals surface area contributed by atoms with Crippen molar-refractivity contribution in [2.24, 2.45) is 5.41 Å². The number of amides is 1. The predicted molar refractivity (Wildman–Crippen MR) is 89.0 cm³/mol. The van der Waals surface area contributed by atoms with Gasteiger partial charge < -0.3 is 15.0 Å². The van der Waals surface area contributed by atoms with E-state index in [0.717, 1.165) is 35.5 Å². The van der Waals surface area contributed by atoms with Gasteiger partial charge in [0.25, 0.3) is 5.91 Å². The molecule has 1 aliphatic rings. The van der Waals surface area contributed by atoms with Crippen LogP contribution in [0.5, 0.6) is 0 Å². The van der Waals surface area contributed by atoms with Crippen molar-refractivity contribution in [2.75, 3.05) is 13.7 Å². The number of halogens is 1. The van der Waals surface area contributed by atoms with Crippen LogP contribution in [0.15, 0.2) is 22.8 Å². The van der Waals surface area contributed by atoms with Crippen molar-refractivity contribution in [1.29, 1.82) is 0 Å². The van der Waals surface area contributed by atoms with E-state index in [1.54, 1.807) is 12.3 Å². The Labute approximate surface area is 142 Å². The average Bonchev–Trinajstić information content (AvgIpc) is 3.20. The van der Waals surface area contributed by atoms with Gasteiger partial charge in [-0.05, 0) is 40.9 Å². The minimum atomic E-state index is -0.588. The van der Waals surface area contributed by atoms with Gasteiger partial charge in [0.2, 0.25) is 0 Å². The van der Waals surface area contributed by atoms with Gasteiger partial charge in [-0.15, -0.1) is 0 Å². The Hall–Kier alpha value is -1.89. The van der Waals surface area contributed by atoms with Crippen molar-refractivity contribution in [3.8, 4) is 0 Å². The minimum absolute atomic E-state index is 0.239. The Balaban J connectivity index is 1.75. The summed E-state index contributed by atoms with van der Waals surface area (Å²) in [6, 6.07) is 3.57. The van der Waals surface area contributed by atoms with Crippen LogP contribution in [-0.4, -0.2) is 35.5 Å². The van der Waals surface area contributed by atoms with Gasteiger partial charge in [0.1, 0.15) is 11.3 Å². The molecule has 7 heteroatoms. The number of pyridine rings is 1. The molecule has 6 nitrogen and oxygen atoms in total. The van der Waals surface area contributed by atoms with Gasteiger partial charge in [-0.1, -0.05) is 12.8 Å². The molecule has 1 saturated carbocycles. The molecule has 0 aliphatic heterocycles. The minimum Gasteiger partial charge on any atom is -0.469 e. The quantitative estimate of drug-likeness (QED) is 0.799. The number of aromatic nitrogens is 2. The number of hydrogen-bond donors (Lipinski definition) is 2. The zero-order chi connectivity index (χ0) is 16.4.